The van der Waals surface area contributed by atoms with Gasteiger partial charge in [0, 0.05) is 6.54 Å². The molecule has 0 fully saturated rings. The number of aromatic amines is 1. The molecule has 2 N–H and O–H groups in total. The standard InChI is InChI=1S/C12H21N3O3S/c1-7(2)9(8(3)4)5-15-11(18)13-14-12(15)19-6-10(16)17/h7-9H,5-6H2,1-4H3,(H,13,18)(H,16,17). The average Bonchev–Trinajstić information content (AvgIpc) is 2.63. The SMILES string of the molecule is CC(C)C(Cn1c(SCC(=O)O)n[nH]c1=O)C(C)C. The van der Waals surface area contributed by atoms with E-state index in [1.165, 1.54) is 4.57 Å². The zero-order valence-electron chi connectivity index (χ0n) is 11.7. The molecule has 0 amide bonds. The van der Waals surface area contributed by atoms with Crippen molar-refractivity contribution in [3.63, 3.8) is 0 Å². The molecule has 0 unspecified atom stereocenters. The van der Waals surface area contributed by atoms with E-state index in [0.29, 0.717) is 29.5 Å². The summed E-state index contributed by atoms with van der Waals surface area (Å²) < 4.78 is 1.54. The van der Waals surface area contributed by atoms with Gasteiger partial charge in [0.05, 0.1) is 5.75 Å². The Morgan fingerprint density at radius 2 is 1.95 bits per heavy atom. The first-order valence-corrected chi connectivity index (χ1v) is 7.31. The van der Waals surface area contributed by atoms with Gasteiger partial charge in [0.25, 0.3) is 0 Å². The van der Waals surface area contributed by atoms with E-state index in [-0.39, 0.29) is 11.4 Å². The highest BCUT2D eigenvalue weighted by molar-refractivity contribution is 7.99. The molecule has 0 radical (unpaired) electrons. The first-order valence-electron chi connectivity index (χ1n) is 6.32. The van der Waals surface area contributed by atoms with Crippen LogP contribution < -0.4 is 5.69 Å². The van der Waals surface area contributed by atoms with Crippen molar-refractivity contribution in [3.8, 4) is 0 Å². The first-order chi connectivity index (χ1) is 8.82. The van der Waals surface area contributed by atoms with Crippen LogP contribution in [0.1, 0.15) is 27.7 Å². The van der Waals surface area contributed by atoms with E-state index < -0.39 is 5.97 Å². The molecule has 0 saturated heterocycles. The second-order valence-corrected chi connectivity index (χ2v) is 6.20. The van der Waals surface area contributed by atoms with E-state index >= 15 is 0 Å². The van der Waals surface area contributed by atoms with Gasteiger partial charge in [-0.25, -0.2) is 9.89 Å². The number of thioether (sulfide) groups is 1. The van der Waals surface area contributed by atoms with Crippen LogP contribution >= 0.6 is 11.8 Å². The van der Waals surface area contributed by atoms with Crippen LogP contribution in [0.5, 0.6) is 0 Å². The first kappa shape index (κ1) is 15.8. The lowest BCUT2D eigenvalue weighted by atomic mass is 9.85. The number of carboxylic acid groups (broad SMARTS) is 1. The highest BCUT2D eigenvalue weighted by Gasteiger charge is 2.21. The lowest BCUT2D eigenvalue weighted by Crippen LogP contribution is -2.28. The normalized spacial score (nSPS) is 11.7. The molecule has 1 aromatic rings. The highest BCUT2D eigenvalue weighted by atomic mass is 32.2. The van der Waals surface area contributed by atoms with E-state index in [4.69, 9.17) is 5.11 Å². The number of nitrogens with zero attached hydrogens (tertiary/aromatic N) is 2. The Kier molecular flexibility index (Phi) is 5.65. The third kappa shape index (κ3) is 4.41. The molecular formula is C12H21N3O3S. The Morgan fingerprint density at radius 1 is 1.37 bits per heavy atom. The number of rotatable bonds is 7. The van der Waals surface area contributed by atoms with Crippen LogP contribution in [0, 0.1) is 17.8 Å². The number of carboxylic acids is 1. The molecule has 1 rings (SSSR count). The molecule has 0 aromatic carbocycles. The van der Waals surface area contributed by atoms with E-state index in [2.05, 4.69) is 37.9 Å². The van der Waals surface area contributed by atoms with E-state index in [0.717, 1.165) is 11.8 Å². The zero-order valence-corrected chi connectivity index (χ0v) is 12.5. The Bertz CT molecular complexity index is 471. The van der Waals surface area contributed by atoms with Crippen molar-refractivity contribution in [2.24, 2.45) is 17.8 Å². The molecule has 0 aliphatic heterocycles. The fourth-order valence-electron chi connectivity index (χ4n) is 2.10. The second kappa shape index (κ2) is 6.79. The van der Waals surface area contributed by atoms with Gasteiger partial charge in [-0.2, -0.15) is 0 Å². The van der Waals surface area contributed by atoms with Crippen LogP contribution in [-0.2, 0) is 11.3 Å². The molecule has 0 saturated carbocycles. The fraction of sp³-hybridized carbons (Fsp3) is 0.750. The number of H-pyrrole nitrogens is 1. The summed E-state index contributed by atoms with van der Waals surface area (Å²) in [4.78, 5) is 22.3. The van der Waals surface area contributed by atoms with Crippen LogP contribution in [-0.4, -0.2) is 31.6 Å². The van der Waals surface area contributed by atoms with E-state index in [1.807, 2.05) is 0 Å². The molecule has 0 spiro atoms. The van der Waals surface area contributed by atoms with Crippen molar-refractivity contribution in [2.75, 3.05) is 5.75 Å². The molecule has 0 aliphatic carbocycles. The van der Waals surface area contributed by atoms with Crippen molar-refractivity contribution in [2.45, 2.75) is 39.4 Å². The molecule has 1 heterocycles. The molecule has 0 atom stereocenters. The summed E-state index contributed by atoms with van der Waals surface area (Å²) in [5.41, 5.74) is -0.279. The third-order valence-electron chi connectivity index (χ3n) is 3.15. The summed E-state index contributed by atoms with van der Waals surface area (Å²) in [5.74, 6) is 0.215. The van der Waals surface area contributed by atoms with Gasteiger partial charge in [-0.1, -0.05) is 39.5 Å². The number of hydrogen-bond donors (Lipinski definition) is 2. The Morgan fingerprint density at radius 3 is 2.42 bits per heavy atom. The van der Waals surface area contributed by atoms with Gasteiger partial charge < -0.3 is 5.11 Å². The fourth-order valence-corrected chi connectivity index (χ4v) is 2.78. The molecular weight excluding hydrogens is 266 g/mol. The number of hydrogen-bond acceptors (Lipinski definition) is 4. The van der Waals surface area contributed by atoms with Gasteiger partial charge in [-0.05, 0) is 17.8 Å². The quantitative estimate of drug-likeness (QED) is 0.745. The Hall–Kier alpha value is -1.24. The van der Waals surface area contributed by atoms with Gasteiger partial charge in [-0.3, -0.25) is 9.36 Å². The summed E-state index contributed by atoms with van der Waals surface area (Å²) >= 11 is 1.06. The monoisotopic (exact) mass is 287 g/mol. The van der Waals surface area contributed by atoms with Crippen molar-refractivity contribution in [1.82, 2.24) is 14.8 Å². The van der Waals surface area contributed by atoms with Crippen molar-refractivity contribution < 1.29 is 9.90 Å². The summed E-state index contributed by atoms with van der Waals surface area (Å²) in [5, 5.41) is 15.4. The largest absolute Gasteiger partial charge is 0.481 e. The predicted molar refractivity (Wildman–Crippen MR) is 74.4 cm³/mol. The van der Waals surface area contributed by atoms with Crippen molar-refractivity contribution >= 4 is 17.7 Å². The van der Waals surface area contributed by atoms with E-state index in [9.17, 15) is 9.59 Å². The number of aliphatic carboxylic acids is 1. The van der Waals surface area contributed by atoms with Crippen LogP contribution in [0.25, 0.3) is 0 Å². The van der Waals surface area contributed by atoms with Crippen molar-refractivity contribution in [1.29, 1.82) is 0 Å². The molecule has 19 heavy (non-hydrogen) atoms. The smallest absolute Gasteiger partial charge is 0.343 e. The van der Waals surface area contributed by atoms with Gasteiger partial charge in [0.2, 0.25) is 0 Å². The van der Waals surface area contributed by atoms with Crippen molar-refractivity contribution in [3.05, 3.63) is 10.5 Å². The van der Waals surface area contributed by atoms with Gasteiger partial charge in [0.1, 0.15) is 0 Å². The third-order valence-corrected chi connectivity index (χ3v) is 4.12. The van der Waals surface area contributed by atoms with E-state index in [1.54, 1.807) is 0 Å². The van der Waals surface area contributed by atoms with Crippen LogP contribution in [0.2, 0.25) is 0 Å². The van der Waals surface area contributed by atoms with Gasteiger partial charge >= 0.3 is 11.7 Å². The number of aromatic nitrogens is 3. The number of carbonyl (C=O) groups is 1. The lowest BCUT2D eigenvalue weighted by molar-refractivity contribution is -0.133. The summed E-state index contributed by atoms with van der Waals surface area (Å²) in [7, 11) is 0. The highest BCUT2D eigenvalue weighted by Crippen LogP contribution is 2.24. The maximum atomic E-state index is 11.7. The zero-order chi connectivity index (χ0) is 14.6. The maximum absolute atomic E-state index is 11.7. The minimum absolute atomic E-state index is 0.0989. The van der Waals surface area contributed by atoms with Crippen LogP contribution in [0.3, 0.4) is 0 Å². The predicted octanol–water partition coefficient (Wildman–Crippen LogP) is 1.68. The van der Waals surface area contributed by atoms with Gasteiger partial charge in [-0.15, -0.1) is 5.10 Å². The lowest BCUT2D eigenvalue weighted by Gasteiger charge is -2.25. The van der Waals surface area contributed by atoms with Gasteiger partial charge in [0.15, 0.2) is 5.16 Å². The maximum Gasteiger partial charge on any atom is 0.343 e. The minimum Gasteiger partial charge on any atom is -0.481 e. The molecule has 6 nitrogen and oxygen atoms in total. The summed E-state index contributed by atoms with van der Waals surface area (Å²) in [6.07, 6.45) is 0. The topological polar surface area (TPSA) is 88.0 Å². The molecule has 108 valence electrons. The second-order valence-electron chi connectivity index (χ2n) is 5.26. The average molecular weight is 287 g/mol. The number of nitrogens with one attached hydrogen (secondary N) is 1. The molecule has 7 heteroatoms. The molecule has 1 aromatic heterocycles. The molecule has 0 aliphatic rings. The molecule has 0 bridgehead atoms. The summed E-state index contributed by atoms with van der Waals surface area (Å²) in [6.45, 7) is 9.06. The van der Waals surface area contributed by atoms with Crippen LogP contribution in [0.4, 0.5) is 0 Å². The van der Waals surface area contributed by atoms with Crippen LogP contribution in [0.15, 0.2) is 9.95 Å². The summed E-state index contributed by atoms with van der Waals surface area (Å²) in [6, 6.07) is 0. The Balaban J connectivity index is 2.90. The Labute approximate surface area is 116 Å². The minimum atomic E-state index is -0.920.